The number of hydrogen-bond acceptors (Lipinski definition) is 6. The van der Waals surface area contributed by atoms with Crippen molar-refractivity contribution in [3.63, 3.8) is 0 Å². The molecule has 0 spiro atoms. The van der Waals surface area contributed by atoms with Gasteiger partial charge < -0.3 is 10.1 Å². The minimum absolute atomic E-state index is 0.167. The van der Waals surface area contributed by atoms with Crippen LogP contribution in [0.4, 0.5) is 5.69 Å². The minimum Gasteiger partial charge on any atom is -0.462 e. The highest BCUT2D eigenvalue weighted by Crippen LogP contribution is 2.27. The molecule has 1 aliphatic heterocycles. The maximum absolute atomic E-state index is 12.1. The van der Waals surface area contributed by atoms with E-state index in [0.29, 0.717) is 28.0 Å². The fourth-order valence-electron chi connectivity index (χ4n) is 1.70. The first kappa shape index (κ1) is 17.6. The van der Waals surface area contributed by atoms with E-state index in [1.54, 1.807) is 38.1 Å². The van der Waals surface area contributed by atoms with E-state index in [9.17, 15) is 14.4 Å². The summed E-state index contributed by atoms with van der Waals surface area (Å²) >= 11 is 2.60. The summed E-state index contributed by atoms with van der Waals surface area (Å²) in [5, 5.41) is 2.39. The van der Waals surface area contributed by atoms with Gasteiger partial charge in [0.05, 0.1) is 23.2 Å². The molecule has 122 valence electrons. The minimum atomic E-state index is -0.393. The van der Waals surface area contributed by atoms with Crippen molar-refractivity contribution in [1.29, 1.82) is 0 Å². The van der Waals surface area contributed by atoms with Gasteiger partial charge in [-0.15, -0.1) is 0 Å². The van der Waals surface area contributed by atoms with E-state index in [1.165, 1.54) is 23.5 Å². The molecule has 1 aromatic carbocycles. The van der Waals surface area contributed by atoms with Gasteiger partial charge in [0.25, 0.3) is 5.91 Å². The molecule has 0 aromatic heterocycles. The van der Waals surface area contributed by atoms with Crippen molar-refractivity contribution < 1.29 is 19.1 Å². The lowest BCUT2D eigenvalue weighted by atomic mass is 10.2. The maximum Gasteiger partial charge on any atom is 0.338 e. The molecule has 1 atom stereocenters. The highest BCUT2D eigenvalue weighted by atomic mass is 32.2. The molecule has 1 unspecified atom stereocenters. The number of nitrogens with one attached hydrogen (secondary N) is 1. The van der Waals surface area contributed by atoms with E-state index in [4.69, 9.17) is 4.74 Å². The summed E-state index contributed by atoms with van der Waals surface area (Å²) in [5.74, 6) is -0.414. The van der Waals surface area contributed by atoms with Crippen molar-refractivity contribution in [3.8, 4) is 0 Å². The molecule has 0 fully saturated rings. The van der Waals surface area contributed by atoms with Crippen LogP contribution in [0.2, 0.25) is 0 Å². The smallest absolute Gasteiger partial charge is 0.338 e. The Morgan fingerprint density at radius 1 is 1.39 bits per heavy atom. The zero-order valence-corrected chi connectivity index (χ0v) is 14.3. The Labute approximate surface area is 142 Å². The number of carbonyl (C=O) groups is 3. The standard InChI is InChI=1S/C15H16N2O4S2/c1-3-21-14(20)10-4-6-11(7-5-10)16-13(19)9(2)23-15-17-12(18)8-22-15/h4-7,9H,3,8H2,1-2H3,(H,16,19). The first-order valence-electron chi connectivity index (χ1n) is 6.98. The van der Waals surface area contributed by atoms with Gasteiger partial charge in [0.1, 0.15) is 4.38 Å². The predicted octanol–water partition coefficient (Wildman–Crippen LogP) is 2.55. The molecule has 1 N–H and O–H groups in total. The Morgan fingerprint density at radius 3 is 2.65 bits per heavy atom. The molecular weight excluding hydrogens is 336 g/mol. The third-order valence-electron chi connectivity index (χ3n) is 2.85. The molecule has 8 heteroatoms. The first-order valence-corrected chi connectivity index (χ1v) is 8.85. The summed E-state index contributed by atoms with van der Waals surface area (Å²) in [4.78, 5) is 38.6. The number of rotatable bonds is 5. The lowest BCUT2D eigenvalue weighted by Gasteiger charge is -2.11. The van der Waals surface area contributed by atoms with Gasteiger partial charge in [-0.25, -0.2) is 4.79 Å². The largest absolute Gasteiger partial charge is 0.462 e. The van der Waals surface area contributed by atoms with Crippen LogP contribution in [0.1, 0.15) is 24.2 Å². The quantitative estimate of drug-likeness (QED) is 0.820. The average Bonchev–Trinajstić information content (AvgIpc) is 2.93. The number of hydrogen-bond donors (Lipinski definition) is 1. The van der Waals surface area contributed by atoms with Gasteiger partial charge in [-0.1, -0.05) is 23.5 Å². The average molecular weight is 352 g/mol. The molecule has 0 aliphatic carbocycles. The third kappa shape index (κ3) is 5.11. The highest BCUT2D eigenvalue weighted by Gasteiger charge is 2.22. The Balaban J connectivity index is 1.90. The van der Waals surface area contributed by atoms with Crippen LogP contribution in [0.25, 0.3) is 0 Å². The Hall–Kier alpha value is -1.80. The number of amides is 2. The summed E-state index contributed by atoms with van der Waals surface area (Å²) in [6.07, 6.45) is 0. The lowest BCUT2D eigenvalue weighted by Crippen LogP contribution is -2.23. The van der Waals surface area contributed by atoms with Crippen molar-refractivity contribution in [2.45, 2.75) is 19.1 Å². The topological polar surface area (TPSA) is 84.8 Å². The molecule has 2 amide bonds. The molecule has 0 saturated carbocycles. The van der Waals surface area contributed by atoms with Gasteiger partial charge in [0.15, 0.2) is 0 Å². The molecular formula is C15H16N2O4S2. The molecule has 0 bridgehead atoms. The summed E-state index contributed by atoms with van der Waals surface area (Å²) in [5.41, 5.74) is 1.02. The van der Waals surface area contributed by atoms with E-state index in [1.807, 2.05) is 0 Å². The highest BCUT2D eigenvalue weighted by molar-refractivity contribution is 8.39. The van der Waals surface area contributed by atoms with Crippen molar-refractivity contribution in [3.05, 3.63) is 29.8 Å². The Morgan fingerprint density at radius 2 is 2.09 bits per heavy atom. The Kier molecular flexibility index (Phi) is 6.23. The Bertz CT molecular complexity index is 643. The SMILES string of the molecule is CCOC(=O)c1ccc(NC(=O)C(C)SC2=NC(=O)CS2)cc1. The number of esters is 1. The number of thioether (sulfide) groups is 2. The van der Waals surface area contributed by atoms with Crippen molar-refractivity contribution in [2.24, 2.45) is 4.99 Å². The van der Waals surface area contributed by atoms with Gasteiger partial charge in [-0.2, -0.15) is 4.99 Å². The molecule has 1 heterocycles. The fourth-order valence-corrected chi connectivity index (χ4v) is 3.69. The van der Waals surface area contributed by atoms with Crippen molar-refractivity contribution in [2.75, 3.05) is 17.7 Å². The number of anilines is 1. The van der Waals surface area contributed by atoms with Crippen molar-refractivity contribution in [1.82, 2.24) is 0 Å². The van der Waals surface area contributed by atoms with Gasteiger partial charge in [0, 0.05) is 5.69 Å². The van der Waals surface area contributed by atoms with Crippen LogP contribution in [-0.2, 0) is 14.3 Å². The van der Waals surface area contributed by atoms with E-state index in [0.717, 1.165) is 0 Å². The number of carbonyl (C=O) groups excluding carboxylic acids is 3. The molecule has 2 rings (SSSR count). The summed E-state index contributed by atoms with van der Waals surface area (Å²) in [7, 11) is 0. The van der Waals surface area contributed by atoms with E-state index in [2.05, 4.69) is 10.3 Å². The van der Waals surface area contributed by atoms with Crippen LogP contribution in [0.15, 0.2) is 29.3 Å². The summed E-state index contributed by atoms with van der Waals surface area (Å²) < 4.78 is 5.52. The number of benzene rings is 1. The maximum atomic E-state index is 12.1. The molecule has 1 aliphatic rings. The van der Waals surface area contributed by atoms with Crippen LogP contribution in [-0.4, -0.2) is 39.8 Å². The molecule has 0 saturated heterocycles. The van der Waals surface area contributed by atoms with Gasteiger partial charge in [-0.3, -0.25) is 9.59 Å². The zero-order valence-electron chi connectivity index (χ0n) is 12.7. The molecule has 23 heavy (non-hydrogen) atoms. The molecule has 1 aromatic rings. The van der Waals surface area contributed by atoms with Crippen LogP contribution >= 0.6 is 23.5 Å². The van der Waals surface area contributed by atoms with Crippen LogP contribution in [0.3, 0.4) is 0 Å². The second kappa shape index (κ2) is 8.16. The summed E-state index contributed by atoms with van der Waals surface area (Å²) in [6.45, 7) is 3.81. The van der Waals surface area contributed by atoms with Crippen LogP contribution in [0.5, 0.6) is 0 Å². The molecule has 0 radical (unpaired) electrons. The first-order chi connectivity index (χ1) is 11.0. The van der Waals surface area contributed by atoms with Crippen molar-refractivity contribution >= 4 is 51.4 Å². The van der Waals surface area contributed by atoms with E-state index in [-0.39, 0.29) is 17.1 Å². The predicted molar refractivity (Wildman–Crippen MR) is 93.0 cm³/mol. The monoisotopic (exact) mass is 352 g/mol. The van der Waals surface area contributed by atoms with E-state index >= 15 is 0 Å². The number of ether oxygens (including phenoxy) is 1. The van der Waals surface area contributed by atoms with Crippen LogP contribution < -0.4 is 5.32 Å². The number of nitrogens with zero attached hydrogens (tertiary/aromatic N) is 1. The fraction of sp³-hybridized carbons (Fsp3) is 0.333. The van der Waals surface area contributed by atoms with Gasteiger partial charge in [0.2, 0.25) is 5.91 Å². The summed E-state index contributed by atoms with van der Waals surface area (Å²) in [6, 6.07) is 6.49. The van der Waals surface area contributed by atoms with Gasteiger partial charge >= 0.3 is 5.97 Å². The molecule has 6 nitrogen and oxygen atoms in total. The second-order valence-corrected chi connectivity index (χ2v) is 7.16. The third-order valence-corrected chi connectivity index (χ3v) is 5.08. The normalized spacial score (nSPS) is 15.0. The van der Waals surface area contributed by atoms with Crippen LogP contribution in [0, 0.1) is 0 Å². The zero-order chi connectivity index (χ0) is 16.8. The van der Waals surface area contributed by atoms with E-state index < -0.39 is 5.97 Å². The van der Waals surface area contributed by atoms with Gasteiger partial charge in [-0.05, 0) is 38.1 Å². The second-order valence-electron chi connectivity index (χ2n) is 4.61. The number of aliphatic imine (C=N–C) groups is 1. The lowest BCUT2D eigenvalue weighted by molar-refractivity contribution is -0.116.